The standard InChI is InChI=1S/C13H13BrClN3O/c1-9-17-8-12(14)13(19)18(9)7-6-16-11-4-2-10(15)3-5-11/h2-5,8,16H,6-7H2,1H3. The van der Waals surface area contributed by atoms with Crippen LogP contribution in [0.1, 0.15) is 5.82 Å². The van der Waals surface area contributed by atoms with Crippen LogP contribution < -0.4 is 10.9 Å². The van der Waals surface area contributed by atoms with Crippen LogP contribution in [0.15, 0.2) is 39.7 Å². The van der Waals surface area contributed by atoms with Crippen molar-refractivity contribution in [3.05, 3.63) is 56.1 Å². The third-order valence-electron chi connectivity index (χ3n) is 2.71. The summed E-state index contributed by atoms with van der Waals surface area (Å²) >= 11 is 9.01. The minimum Gasteiger partial charge on any atom is -0.383 e. The fraction of sp³-hybridized carbons (Fsp3) is 0.231. The van der Waals surface area contributed by atoms with Crippen molar-refractivity contribution in [1.29, 1.82) is 0 Å². The minimum absolute atomic E-state index is 0.0644. The summed E-state index contributed by atoms with van der Waals surface area (Å²) in [4.78, 5) is 16.1. The highest BCUT2D eigenvalue weighted by atomic mass is 79.9. The van der Waals surface area contributed by atoms with Gasteiger partial charge >= 0.3 is 0 Å². The molecule has 0 radical (unpaired) electrons. The molecule has 0 saturated heterocycles. The second kappa shape index (κ2) is 6.21. The zero-order valence-electron chi connectivity index (χ0n) is 10.4. The molecule has 0 atom stereocenters. The molecule has 19 heavy (non-hydrogen) atoms. The first-order valence-corrected chi connectivity index (χ1v) is 6.96. The van der Waals surface area contributed by atoms with E-state index in [-0.39, 0.29) is 5.56 Å². The molecule has 0 spiro atoms. The Balaban J connectivity index is 2.02. The molecular weight excluding hydrogens is 330 g/mol. The van der Waals surface area contributed by atoms with Gasteiger partial charge in [-0.25, -0.2) is 4.98 Å². The largest absolute Gasteiger partial charge is 0.383 e. The van der Waals surface area contributed by atoms with E-state index in [9.17, 15) is 4.79 Å². The first-order valence-electron chi connectivity index (χ1n) is 5.79. The van der Waals surface area contributed by atoms with Crippen molar-refractivity contribution >= 4 is 33.2 Å². The Hall–Kier alpha value is -1.33. The number of rotatable bonds is 4. The van der Waals surface area contributed by atoms with Crippen molar-refractivity contribution in [1.82, 2.24) is 9.55 Å². The van der Waals surface area contributed by atoms with Gasteiger partial charge in [0.15, 0.2) is 0 Å². The van der Waals surface area contributed by atoms with Gasteiger partial charge in [-0.05, 0) is 47.1 Å². The fourth-order valence-electron chi connectivity index (χ4n) is 1.69. The zero-order chi connectivity index (χ0) is 13.8. The molecular formula is C13H13BrClN3O. The minimum atomic E-state index is -0.0644. The summed E-state index contributed by atoms with van der Waals surface area (Å²) in [5.74, 6) is 0.700. The summed E-state index contributed by atoms with van der Waals surface area (Å²) in [6.07, 6.45) is 1.53. The van der Waals surface area contributed by atoms with Gasteiger partial charge in [-0.3, -0.25) is 9.36 Å². The number of hydrogen-bond acceptors (Lipinski definition) is 3. The highest BCUT2D eigenvalue weighted by Gasteiger charge is 2.04. The maximum atomic E-state index is 11.9. The summed E-state index contributed by atoms with van der Waals surface area (Å²) in [5.41, 5.74) is 0.906. The number of aryl methyl sites for hydroxylation is 1. The van der Waals surface area contributed by atoms with E-state index in [4.69, 9.17) is 11.6 Å². The van der Waals surface area contributed by atoms with E-state index in [2.05, 4.69) is 26.2 Å². The van der Waals surface area contributed by atoms with Gasteiger partial charge < -0.3 is 5.32 Å². The molecule has 2 rings (SSSR count). The molecule has 4 nitrogen and oxygen atoms in total. The van der Waals surface area contributed by atoms with Gasteiger partial charge in [0, 0.05) is 30.0 Å². The lowest BCUT2D eigenvalue weighted by molar-refractivity contribution is 0.649. The van der Waals surface area contributed by atoms with Gasteiger partial charge in [0.05, 0.1) is 0 Å². The van der Waals surface area contributed by atoms with Crippen molar-refractivity contribution in [2.24, 2.45) is 0 Å². The second-order valence-electron chi connectivity index (χ2n) is 4.04. The van der Waals surface area contributed by atoms with Crippen LogP contribution in [0.4, 0.5) is 5.69 Å². The van der Waals surface area contributed by atoms with Crippen LogP contribution in [0.3, 0.4) is 0 Å². The van der Waals surface area contributed by atoms with E-state index in [1.54, 1.807) is 4.57 Å². The lowest BCUT2D eigenvalue weighted by atomic mass is 10.3. The zero-order valence-corrected chi connectivity index (χ0v) is 12.7. The summed E-state index contributed by atoms with van der Waals surface area (Å²) in [6, 6.07) is 7.44. The summed E-state index contributed by atoms with van der Waals surface area (Å²) < 4.78 is 2.11. The average molecular weight is 343 g/mol. The van der Waals surface area contributed by atoms with E-state index < -0.39 is 0 Å². The molecule has 100 valence electrons. The lowest BCUT2D eigenvalue weighted by Crippen LogP contribution is -2.27. The van der Waals surface area contributed by atoms with Crippen molar-refractivity contribution < 1.29 is 0 Å². The quantitative estimate of drug-likeness (QED) is 0.929. The third kappa shape index (κ3) is 3.58. The number of hydrogen-bond donors (Lipinski definition) is 1. The van der Waals surface area contributed by atoms with E-state index in [0.717, 1.165) is 5.69 Å². The number of aromatic nitrogens is 2. The predicted octanol–water partition coefficient (Wildman–Crippen LogP) is 3.08. The molecule has 0 bridgehead atoms. The molecule has 0 amide bonds. The fourth-order valence-corrected chi connectivity index (χ4v) is 2.14. The average Bonchev–Trinajstić information content (AvgIpc) is 2.40. The van der Waals surface area contributed by atoms with E-state index >= 15 is 0 Å². The maximum Gasteiger partial charge on any atom is 0.267 e. The Labute approximate surface area is 124 Å². The molecule has 0 aliphatic heterocycles. The monoisotopic (exact) mass is 341 g/mol. The van der Waals surface area contributed by atoms with Gasteiger partial charge in [0.1, 0.15) is 10.3 Å². The van der Waals surface area contributed by atoms with E-state index in [1.165, 1.54) is 6.20 Å². The Morgan fingerprint density at radius 2 is 2.05 bits per heavy atom. The van der Waals surface area contributed by atoms with Crippen LogP contribution in [0.5, 0.6) is 0 Å². The Kier molecular flexibility index (Phi) is 4.61. The van der Waals surface area contributed by atoms with Crippen LogP contribution in [-0.4, -0.2) is 16.1 Å². The van der Waals surface area contributed by atoms with Crippen molar-refractivity contribution in [2.75, 3.05) is 11.9 Å². The highest BCUT2D eigenvalue weighted by molar-refractivity contribution is 9.10. The highest BCUT2D eigenvalue weighted by Crippen LogP contribution is 2.13. The number of nitrogens with one attached hydrogen (secondary N) is 1. The normalized spacial score (nSPS) is 10.5. The predicted molar refractivity (Wildman–Crippen MR) is 80.9 cm³/mol. The van der Waals surface area contributed by atoms with Crippen LogP contribution in [0.25, 0.3) is 0 Å². The number of benzene rings is 1. The number of anilines is 1. The van der Waals surface area contributed by atoms with Crippen LogP contribution >= 0.6 is 27.5 Å². The van der Waals surface area contributed by atoms with Crippen molar-refractivity contribution in [3.63, 3.8) is 0 Å². The molecule has 0 aliphatic carbocycles. The van der Waals surface area contributed by atoms with E-state index in [1.807, 2.05) is 31.2 Å². The van der Waals surface area contributed by atoms with Crippen LogP contribution in [0.2, 0.25) is 5.02 Å². The molecule has 0 aliphatic rings. The molecule has 0 fully saturated rings. The molecule has 6 heteroatoms. The third-order valence-corrected chi connectivity index (χ3v) is 3.51. The summed E-state index contributed by atoms with van der Waals surface area (Å²) in [5, 5.41) is 3.94. The van der Waals surface area contributed by atoms with Gasteiger partial charge in [-0.15, -0.1) is 0 Å². The smallest absolute Gasteiger partial charge is 0.267 e. The molecule has 1 aromatic carbocycles. The molecule has 1 aromatic heterocycles. The Bertz CT molecular complexity index is 625. The first kappa shape index (κ1) is 14.1. The Morgan fingerprint density at radius 3 is 2.74 bits per heavy atom. The van der Waals surface area contributed by atoms with Gasteiger partial charge in [-0.1, -0.05) is 11.6 Å². The second-order valence-corrected chi connectivity index (χ2v) is 5.33. The van der Waals surface area contributed by atoms with Crippen molar-refractivity contribution in [3.8, 4) is 0 Å². The molecule has 1 heterocycles. The topological polar surface area (TPSA) is 46.9 Å². The molecule has 2 aromatic rings. The first-order chi connectivity index (χ1) is 9.08. The van der Waals surface area contributed by atoms with E-state index in [0.29, 0.717) is 28.4 Å². The summed E-state index contributed by atoms with van der Waals surface area (Å²) in [7, 11) is 0. The maximum absolute atomic E-state index is 11.9. The van der Waals surface area contributed by atoms with Gasteiger partial charge in [0.2, 0.25) is 0 Å². The lowest BCUT2D eigenvalue weighted by Gasteiger charge is -2.11. The Morgan fingerprint density at radius 1 is 1.37 bits per heavy atom. The number of nitrogens with zero attached hydrogens (tertiary/aromatic N) is 2. The molecule has 0 unspecified atom stereocenters. The van der Waals surface area contributed by atoms with Gasteiger partial charge in [-0.2, -0.15) is 0 Å². The van der Waals surface area contributed by atoms with Crippen molar-refractivity contribution in [2.45, 2.75) is 13.5 Å². The van der Waals surface area contributed by atoms with Crippen LogP contribution in [0, 0.1) is 6.92 Å². The molecule has 0 saturated carbocycles. The molecule has 1 N–H and O–H groups in total. The summed E-state index contributed by atoms with van der Waals surface area (Å²) in [6.45, 7) is 3.01. The SMILES string of the molecule is Cc1ncc(Br)c(=O)n1CCNc1ccc(Cl)cc1. The van der Waals surface area contributed by atoms with Gasteiger partial charge in [0.25, 0.3) is 5.56 Å². The number of halogens is 2. The van der Waals surface area contributed by atoms with Crippen LogP contribution in [-0.2, 0) is 6.54 Å².